The van der Waals surface area contributed by atoms with Crippen LogP contribution in [0, 0.1) is 0 Å². The van der Waals surface area contributed by atoms with Crippen LogP contribution in [0.1, 0.15) is 31.5 Å². The lowest BCUT2D eigenvalue weighted by Gasteiger charge is -2.34. The van der Waals surface area contributed by atoms with Gasteiger partial charge in [-0.1, -0.05) is 12.1 Å². The molecule has 0 saturated carbocycles. The minimum absolute atomic E-state index is 0.104. The first kappa shape index (κ1) is 29.0. The van der Waals surface area contributed by atoms with E-state index in [1.54, 1.807) is 68.1 Å². The molecular formula is C29H30N4O8S. The van der Waals surface area contributed by atoms with Crippen LogP contribution in [0.2, 0.25) is 0 Å². The lowest BCUT2D eigenvalue weighted by Crippen LogP contribution is -2.51. The summed E-state index contributed by atoms with van der Waals surface area (Å²) in [7, 11) is 0. The molecule has 0 atom stereocenters. The second kappa shape index (κ2) is 13.4. The third-order valence-corrected chi connectivity index (χ3v) is 8.15. The first-order valence-corrected chi connectivity index (χ1v) is 14.5. The molecule has 5 rings (SSSR count). The van der Waals surface area contributed by atoms with E-state index in [4.69, 9.17) is 13.6 Å². The molecule has 4 amide bonds. The fourth-order valence-electron chi connectivity index (χ4n) is 4.72. The van der Waals surface area contributed by atoms with Gasteiger partial charge in [-0.3, -0.25) is 19.2 Å². The molecule has 2 aliphatic heterocycles. The van der Waals surface area contributed by atoms with Crippen LogP contribution in [-0.2, 0) is 14.3 Å². The van der Waals surface area contributed by atoms with Crippen LogP contribution in [0.25, 0.3) is 0 Å². The summed E-state index contributed by atoms with van der Waals surface area (Å²) < 4.78 is 15.7. The van der Waals surface area contributed by atoms with E-state index < -0.39 is 12.6 Å². The average Bonchev–Trinajstić information content (AvgIpc) is 3.78. The number of hydrogen-bond acceptors (Lipinski definition) is 9. The van der Waals surface area contributed by atoms with E-state index in [1.807, 2.05) is 0 Å². The highest BCUT2D eigenvalue weighted by molar-refractivity contribution is 8.00. The molecule has 2 fully saturated rings. The number of piperazine rings is 2. The van der Waals surface area contributed by atoms with Crippen LogP contribution in [-0.4, -0.2) is 114 Å². The van der Waals surface area contributed by atoms with E-state index >= 15 is 0 Å². The largest absolute Gasteiger partial charge is 0.459 e. The molecule has 0 bridgehead atoms. The van der Waals surface area contributed by atoms with E-state index in [0.717, 1.165) is 0 Å². The van der Waals surface area contributed by atoms with Crippen LogP contribution in [0.4, 0.5) is 0 Å². The summed E-state index contributed by atoms with van der Waals surface area (Å²) in [5, 5.41) is 0. The van der Waals surface area contributed by atoms with Crippen molar-refractivity contribution < 1.29 is 37.5 Å². The maximum atomic E-state index is 12.9. The fourth-order valence-corrected chi connectivity index (χ4v) is 5.66. The maximum Gasteiger partial charge on any atom is 0.339 e. The number of nitrogens with zero attached hydrogens (tertiary/aromatic N) is 4. The van der Waals surface area contributed by atoms with Gasteiger partial charge in [-0.2, -0.15) is 0 Å². The van der Waals surface area contributed by atoms with Gasteiger partial charge in [0, 0.05) is 57.3 Å². The Hall–Kier alpha value is -4.52. The van der Waals surface area contributed by atoms with Crippen LogP contribution in [0.5, 0.6) is 0 Å². The molecule has 0 spiro atoms. The van der Waals surface area contributed by atoms with E-state index in [1.165, 1.54) is 24.3 Å². The summed E-state index contributed by atoms with van der Waals surface area (Å²) in [6.07, 6.45) is 2.89. The molecule has 3 aromatic rings. The number of hydrogen-bond donors (Lipinski definition) is 0. The molecule has 0 aliphatic carbocycles. The monoisotopic (exact) mass is 594 g/mol. The van der Waals surface area contributed by atoms with Gasteiger partial charge in [0.2, 0.25) is 5.91 Å². The van der Waals surface area contributed by atoms with Gasteiger partial charge < -0.3 is 33.2 Å². The molecule has 13 heteroatoms. The number of rotatable bonds is 8. The van der Waals surface area contributed by atoms with Crippen molar-refractivity contribution in [2.75, 3.05) is 64.7 Å². The van der Waals surface area contributed by atoms with E-state index in [0.29, 0.717) is 57.3 Å². The third-order valence-electron chi connectivity index (χ3n) is 7.09. The van der Waals surface area contributed by atoms with Gasteiger partial charge in [-0.15, -0.1) is 11.8 Å². The van der Waals surface area contributed by atoms with Crippen LogP contribution in [0.15, 0.2) is 74.8 Å². The quantitative estimate of drug-likeness (QED) is 0.284. The first-order chi connectivity index (χ1) is 20.4. The van der Waals surface area contributed by atoms with Gasteiger partial charge in [0.1, 0.15) is 0 Å². The van der Waals surface area contributed by atoms with Crippen molar-refractivity contribution in [3.8, 4) is 0 Å². The summed E-state index contributed by atoms with van der Waals surface area (Å²) >= 11 is 1.22. The molecule has 0 N–H and O–H groups in total. The van der Waals surface area contributed by atoms with Gasteiger partial charge in [0.25, 0.3) is 17.7 Å². The Morgan fingerprint density at radius 2 is 1.14 bits per heavy atom. The minimum atomic E-state index is -0.657. The molecule has 2 saturated heterocycles. The van der Waals surface area contributed by atoms with Crippen molar-refractivity contribution in [2.24, 2.45) is 0 Å². The summed E-state index contributed by atoms with van der Waals surface area (Å²) in [6, 6.07) is 13.3. The van der Waals surface area contributed by atoms with Gasteiger partial charge in [-0.25, -0.2) is 4.79 Å². The van der Waals surface area contributed by atoms with Crippen molar-refractivity contribution in [1.82, 2.24) is 19.6 Å². The van der Waals surface area contributed by atoms with Crippen molar-refractivity contribution in [3.63, 3.8) is 0 Å². The number of thioether (sulfide) groups is 1. The maximum absolute atomic E-state index is 12.9. The standard InChI is InChI=1S/C29H30N4O8S/c34-25(30-9-13-32(14-10-30)27(36)22-6-3-17-39-22)19-41-29(38)21-5-1-2-8-24(21)42-20-26(35)31-11-15-33(16-12-31)28(37)23-7-4-18-40-23/h1-8,17-18H,9-16,19-20H2. The Bertz CT molecular complexity index is 1410. The normalized spacial score (nSPS) is 15.4. The SMILES string of the molecule is O=C(OCC(=O)N1CCN(C(=O)c2ccco2)CC1)c1ccccc1SCC(=O)N1CCN(C(=O)c2ccco2)CC1. The Morgan fingerprint density at radius 3 is 1.67 bits per heavy atom. The first-order valence-electron chi connectivity index (χ1n) is 13.5. The van der Waals surface area contributed by atoms with Crippen LogP contribution < -0.4 is 0 Å². The van der Waals surface area contributed by atoms with Gasteiger partial charge in [0.15, 0.2) is 18.1 Å². The smallest absolute Gasteiger partial charge is 0.339 e. The summed E-state index contributed by atoms with van der Waals surface area (Å²) in [5.41, 5.74) is 0.269. The fraction of sp³-hybridized carbons (Fsp3) is 0.345. The van der Waals surface area contributed by atoms with Gasteiger partial charge in [-0.05, 0) is 36.4 Å². The van der Waals surface area contributed by atoms with Crippen molar-refractivity contribution in [2.45, 2.75) is 4.90 Å². The summed E-state index contributed by atoms with van der Waals surface area (Å²) in [4.78, 5) is 70.4. The molecule has 4 heterocycles. The number of benzene rings is 1. The highest BCUT2D eigenvalue weighted by Gasteiger charge is 2.28. The zero-order valence-corrected chi connectivity index (χ0v) is 23.6. The average molecular weight is 595 g/mol. The number of carbonyl (C=O) groups excluding carboxylic acids is 5. The lowest BCUT2D eigenvalue weighted by molar-refractivity contribution is -0.136. The van der Waals surface area contributed by atoms with Crippen molar-refractivity contribution in [3.05, 3.63) is 78.1 Å². The van der Waals surface area contributed by atoms with Crippen molar-refractivity contribution >= 4 is 41.4 Å². The Morgan fingerprint density at radius 1 is 0.643 bits per heavy atom. The molecule has 12 nitrogen and oxygen atoms in total. The number of furan rings is 2. The van der Waals surface area contributed by atoms with Gasteiger partial charge in [0.05, 0.1) is 23.8 Å². The molecule has 220 valence electrons. The summed E-state index contributed by atoms with van der Waals surface area (Å²) in [6.45, 7) is 2.54. The second-order valence-corrected chi connectivity index (χ2v) is 10.7. The Kier molecular flexibility index (Phi) is 9.27. The molecular weight excluding hydrogens is 564 g/mol. The number of esters is 1. The predicted octanol–water partition coefficient (Wildman–Crippen LogP) is 2.09. The number of carbonyl (C=O) groups is 5. The lowest BCUT2D eigenvalue weighted by atomic mass is 10.2. The molecule has 1 aromatic carbocycles. The third kappa shape index (κ3) is 6.85. The molecule has 2 aliphatic rings. The Labute approximate surface area is 246 Å². The van der Waals surface area contributed by atoms with Crippen LogP contribution >= 0.6 is 11.8 Å². The molecule has 0 radical (unpaired) electrons. The molecule has 2 aromatic heterocycles. The highest BCUT2D eigenvalue weighted by Crippen LogP contribution is 2.24. The topological polar surface area (TPSA) is 134 Å². The zero-order chi connectivity index (χ0) is 29.5. The van der Waals surface area contributed by atoms with E-state index in [9.17, 15) is 24.0 Å². The predicted molar refractivity (Wildman–Crippen MR) is 150 cm³/mol. The number of amides is 4. The van der Waals surface area contributed by atoms with E-state index in [2.05, 4.69) is 0 Å². The van der Waals surface area contributed by atoms with Crippen molar-refractivity contribution in [1.29, 1.82) is 0 Å². The zero-order valence-electron chi connectivity index (χ0n) is 22.8. The molecule has 42 heavy (non-hydrogen) atoms. The van der Waals surface area contributed by atoms with E-state index in [-0.39, 0.29) is 46.5 Å². The van der Waals surface area contributed by atoms with Crippen LogP contribution in [0.3, 0.4) is 0 Å². The second-order valence-electron chi connectivity index (χ2n) is 9.66. The highest BCUT2D eigenvalue weighted by atomic mass is 32.2. The molecule has 0 unspecified atom stereocenters. The van der Waals surface area contributed by atoms with Gasteiger partial charge >= 0.3 is 5.97 Å². The summed E-state index contributed by atoms with van der Waals surface area (Å²) in [5.74, 6) is -0.903. The Balaban J connectivity index is 1.06. The number of ether oxygens (including phenoxy) is 1. The minimum Gasteiger partial charge on any atom is -0.459 e.